The van der Waals surface area contributed by atoms with Gasteiger partial charge in [0, 0.05) is 6.42 Å². The lowest BCUT2D eigenvalue weighted by Gasteiger charge is -2.24. The van der Waals surface area contributed by atoms with E-state index >= 15 is 0 Å². The lowest BCUT2D eigenvalue weighted by Crippen LogP contribution is -2.46. The Balaban J connectivity index is 4.51. The van der Waals surface area contributed by atoms with Gasteiger partial charge in [0.05, 0.1) is 25.2 Å². The molecule has 0 aliphatic heterocycles. The highest BCUT2D eigenvalue weighted by molar-refractivity contribution is 5.77. The van der Waals surface area contributed by atoms with Crippen molar-refractivity contribution in [2.24, 2.45) is 0 Å². The van der Waals surface area contributed by atoms with Crippen molar-refractivity contribution in [2.75, 3.05) is 6.61 Å². The van der Waals surface area contributed by atoms with Crippen LogP contribution in [0.15, 0.2) is 12.2 Å². The number of hydrogen-bond donors (Lipinski definition) is 3. The summed E-state index contributed by atoms with van der Waals surface area (Å²) in [6.45, 7) is 6.48. The number of ether oxygens (including phenoxy) is 1. The predicted octanol–water partition coefficient (Wildman–Crippen LogP) is 15.3. The van der Waals surface area contributed by atoms with Gasteiger partial charge in [-0.05, 0) is 51.4 Å². The van der Waals surface area contributed by atoms with Crippen molar-refractivity contribution in [1.82, 2.24) is 5.32 Å². The van der Waals surface area contributed by atoms with Crippen LogP contribution in [0.2, 0.25) is 0 Å². The van der Waals surface area contributed by atoms with Gasteiger partial charge in [0.2, 0.25) is 5.91 Å². The summed E-state index contributed by atoms with van der Waals surface area (Å²) in [5, 5.41) is 23.8. The Labute approximate surface area is 361 Å². The number of carbonyl (C=O) groups is 2. The first kappa shape index (κ1) is 56.6. The van der Waals surface area contributed by atoms with E-state index in [1.807, 2.05) is 0 Å². The van der Waals surface area contributed by atoms with E-state index in [4.69, 9.17) is 4.74 Å². The first-order valence-corrected chi connectivity index (χ1v) is 25.9. The van der Waals surface area contributed by atoms with Crippen molar-refractivity contribution in [3.05, 3.63) is 12.2 Å². The van der Waals surface area contributed by atoms with Gasteiger partial charge < -0.3 is 20.3 Å². The van der Waals surface area contributed by atoms with Gasteiger partial charge in [-0.3, -0.25) is 9.59 Å². The smallest absolute Gasteiger partial charge is 0.306 e. The van der Waals surface area contributed by atoms with Crippen LogP contribution in [0.3, 0.4) is 0 Å². The Morgan fingerprint density at radius 3 is 1.24 bits per heavy atom. The fourth-order valence-corrected chi connectivity index (χ4v) is 8.13. The van der Waals surface area contributed by atoms with E-state index in [1.54, 1.807) is 0 Å². The predicted molar refractivity (Wildman–Crippen MR) is 250 cm³/mol. The standard InChI is InChI=1S/C52H101NO5/c1-4-7-10-13-16-19-21-23-25-26-27-29-32-34-37-40-43-48(58-52(57)45-42-39-36-31-18-15-12-9-6-3)46-51(56)53-49(47-54)50(55)44-41-38-35-33-30-28-24-22-20-17-14-11-8-5-2/h27,29,48-50,54-55H,4-26,28,30-47H2,1-3H3,(H,53,56)/b29-27+. The third kappa shape index (κ3) is 41.3. The van der Waals surface area contributed by atoms with Crippen LogP contribution in [0.5, 0.6) is 0 Å². The fourth-order valence-electron chi connectivity index (χ4n) is 8.13. The number of carbonyl (C=O) groups excluding carboxylic acids is 2. The minimum Gasteiger partial charge on any atom is -0.462 e. The molecule has 0 aromatic rings. The number of nitrogens with one attached hydrogen (secondary N) is 1. The van der Waals surface area contributed by atoms with Crippen LogP contribution >= 0.6 is 0 Å². The molecule has 0 aliphatic rings. The highest BCUT2D eigenvalue weighted by Gasteiger charge is 2.24. The molecule has 0 heterocycles. The molecule has 3 atom stereocenters. The molecule has 0 aromatic heterocycles. The maximum absolute atomic E-state index is 13.2. The third-order valence-corrected chi connectivity index (χ3v) is 12.1. The number of esters is 1. The van der Waals surface area contributed by atoms with Gasteiger partial charge in [0.15, 0.2) is 0 Å². The van der Waals surface area contributed by atoms with Gasteiger partial charge in [0.1, 0.15) is 6.10 Å². The zero-order chi connectivity index (χ0) is 42.4. The molecule has 6 heteroatoms. The second-order valence-corrected chi connectivity index (χ2v) is 17.9. The van der Waals surface area contributed by atoms with Gasteiger partial charge >= 0.3 is 5.97 Å². The highest BCUT2D eigenvalue weighted by Crippen LogP contribution is 2.18. The van der Waals surface area contributed by atoms with E-state index < -0.39 is 18.2 Å². The number of unbranched alkanes of at least 4 members (excludes halogenated alkanes) is 33. The van der Waals surface area contributed by atoms with Crippen molar-refractivity contribution in [3.63, 3.8) is 0 Å². The van der Waals surface area contributed by atoms with Crippen LogP contribution in [0, 0.1) is 0 Å². The van der Waals surface area contributed by atoms with Gasteiger partial charge in [-0.1, -0.05) is 232 Å². The van der Waals surface area contributed by atoms with E-state index in [2.05, 4.69) is 38.2 Å². The van der Waals surface area contributed by atoms with Gasteiger partial charge in [-0.25, -0.2) is 0 Å². The number of aliphatic hydroxyl groups excluding tert-OH is 2. The van der Waals surface area contributed by atoms with E-state index in [0.717, 1.165) is 57.8 Å². The summed E-state index contributed by atoms with van der Waals surface area (Å²) in [4.78, 5) is 26.0. The SMILES string of the molecule is CCCCCCCCCCC/C=C/CCCCCC(CC(=O)NC(CO)C(O)CCCCCCCCCCCCCCCC)OC(=O)CCCCCCCCCCC. The summed E-state index contributed by atoms with van der Waals surface area (Å²) in [6, 6.07) is -0.699. The second kappa shape index (κ2) is 46.7. The second-order valence-electron chi connectivity index (χ2n) is 17.9. The van der Waals surface area contributed by atoms with E-state index in [1.165, 1.54) is 180 Å². The Hall–Kier alpha value is -1.40. The molecule has 344 valence electrons. The monoisotopic (exact) mass is 820 g/mol. The van der Waals surface area contributed by atoms with Crippen LogP contribution in [0.1, 0.15) is 284 Å². The molecule has 1 amide bonds. The minimum absolute atomic E-state index is 0.0736. The number of allylic oxidation sites excluding steroid dienone is 2. The summed E-state index contributed by atoms with van der Waals surface area (Å²) < 4.78 is 5.91. The molecule has 3 N–H and O–H groups in total. The van der Waals surface area contributed by atoms with Gasteiger partial charge in [0.25, 0.3) is 0 Å². The zero-order valence-corrected chi connectivity index (χ0v) is 39.2. The Kier molecular flexibility index (Phi) is 45.5. The largest absolute Gasteiger partial charge is 0.462 e. The van der Waals surface area contributed by atoms with Gasteiger partial charge in [-0.2, -0.15) is 0 Å². The molecule has 0 aliphatic carbocycles. The third-order valence-electron chi connectivity index (χ3n) is 12.1. The Morgan fingerprint density at radius 2 is 0.828 bits per heavy atom. The molecule has 0 saturated heterocycles. The fraction of sp³-hybridized carbons (Fsp3) is 0.923. The van der Waals surface area contributed by atoms with Crippen molar-refractivity contribution in [2.45, 2.75) is 302 Å². The molecule has 6 nitrogen and oxygen atoms in total. The van der Waals surface area contributed by atoms with E-state index in [9.17, 15) is 19.8 Å². The first-order valence-electron chi connectivity index (χ1n) is 25.9. The number of hydrogen-bond acceptors (Lipinski definition) is 5. The molecule has 58 heavy (non-hydrogen) atoms. The first-order chi connectivity index (χ1) is 28.5. The van der Waals surface area contributed by atoms with Crippen molar-refractivity contribution < 1.29 is 24.5 Å². The van der Waals surface area contributed by atoms with Crippen LogP contribution in [-0.2, 0) is 14.3 Å². The summed E-state index contributed by atoms with van der Waals surface area (Å²) in [5.41, 5.74) is 0. The van der Waals surface area contributed by atoms with E-state index in [-0.39, 0.29) is 24.9 Å². The zero-order valence-electron chi connectivity index (χ0n) is 39.2. The average molecular weight is 820 g/mol. The molecule has 0 rings (SSSR count). The summed E-state index contributed by atoms with van der Waals surface area (Å²) in [6.07, 6.45) is 51.3. The number of aliphatic hydroxyl groups is 2. The number of rotatable bonds is 47. The molecule has 3 unspecified atom stereocenters. The summed E-state index contributed by atoms with van der Waals surface area (Å²) >= 11 is 0. The molecule has 0 saturated carbocycles. The molecule has 0 fully saturated rings. The molecular weight excluding hydrogens is 719 g/mol. The summed E-state index contributed by atoms with van der Waals surface area (Å²) in [7, 11) is 0. The van der Waals surface area contributed by atoms with Crippen LogP contribution in [0.25, 0.3) is 0 Å². The maximum Gasteiger partial charge on any atom is 0.306 e. The molecule has 0 radical (unpaired) electrons. The van der Waals surface area contributed by atoms with Crippen LogP contribution < -0.4 is 5.32 Å². The summed E-state index contributed by atoms with van der Waals surface area (Å²) in [5.74, 6) is -0.476. The Bertz CT molecular complexity index is 878. The highest BCUT2D eigenvalue weighted by atomic mass is 16.5. The maximum atomic E-state index is 13.2. The van der Waals surface area contributed by atoms with Crippen molar-refractivity contribution in [3.8, 4) is 0 Å². The van der Waals surface area contributed by atoms with Gasteiger partial charge in [-0.15, -0.1) is 0 Å². The van der Waals surface area contributed by atoms with Crippen LogP contribution in [0.4, 0.5) is 0 Å². The number of amides is 1. The van der Waals surface area contributed by atoms with E-state index in [0.29, 0.717) is 19.3 Å². The molecule has 0 bridgehead atoms. The molecular formula is C52H101NO5. The molecule has 0 spiro atoms. The van der Waals surface area contributed by atoms with Crippen molar-refractivity contribution in [1.29, 1.82) is 0 Å². The normalized spacial score (nSPS) is 13.3. The Morgan fingerprint density at radius 1 is 0.483 bits per heavy atom. The lowest BCUT2D eigenvalue weighted by atomic mass is 10.0. The minimum atomic E-state index is -0.785. The molecule has 0 aromatic carbocycles. The topological polar surface area (TPSA) is 95.9 Å². The lowest BCUT2D eigenvalue weighted by molar-refractivity contribution is -0.151. The average Bonchev–Trinajstić information content (AvgIpc) is 3.22. The van der Waals surface area contributed by atoms with Crippen molar-refractivity contribution >= 4 is 11.9 Å². The van der Waals surface area contributed by atoms with Crippen LogP contribution in [-0.4, -0.2) is 46.9 Å². The quantitative estimate of drug-likeness (QED) is 0.0323.